The third-order valence-electron chi connectivity index (χ3n) is 5.27. The minimum absolute atomic E-state index is 0.358. The van der Waals surface area contributed by atoms with Crippen molar-refractivity contribution in [3.8, 4) is 11.5 Å². The Morgan fingerprint density at radius 3 is 2.59 bits per heavy atom. The Balaban J connectivity index is 1.31. The van der Waals surface area contributed by atoms with Gasteiger partial charge in [0, 0.05) is 13.2 Å². The first-order chi connectivity index (χ1) is 14.0. The van der Waals surface area contributed by atoms with Gasteiger partial charge in [0.1, 0.15) is 11.5 Å². The number of benzene rings is 2. The number of unbranched alkanes of at least 4 members (excludes halogenated alkanes) is 2. The highest BCUT2D eigenvalue weighted by Gasteiger charge is 2.10. The van der Waals surface area contributed by atoms with Crippen molar-refractivity contribution < 1.29 is 14.6 Å². The highest BCUT2D eigenvalue weighted by Crippen LogP contribution is 2.32. The number of phenolic OH excluding ortho intramolecular Hbond substituents is 1. The highest BCUT2D eigenvalue weighted by atomic mass is 35.5. The van der Waals surface area contributed by atoms with E-state index in [4.69, 9.17) is 21.1 Å². The van der Waals surface area contributed by atoms with E-state index in [0.717, 1.165) is 59.3 Å². The zero-order chi connectivity index (χ0) is 20.8. The van der Waals surface area contributed by atoms with Crippen molar-refractivity contribution >= 4 is 22.6 Å². The molecule has 2 aromatic carbocycles. The lowest BCUT2D eigenvalue weighted by atomic mass is 10.0. The number of hydrogen-bond donors (Lipinski definition) is 1. The zero-order valence-electron chi connectivity index (χ0n) is 17.4. The first-order valence-corrected chi connectivity index (χ1v) is 10.5. The van der Waals surface area contributed by atoms with Gasteiger partial charge in [-0.15, -0.1) is 0 Å². The molecule has 0 radical (unpaired) electrons. The second kappa shape index (κ2) is 9.99. The van der Waals surface area contributed by atoms with Crippen LogP contribution < -0.4 is 4.74 Å². The number of rotatable bonds is 10. The molecule has 0 saturated heterocycles. The lowest BCUT2D eigenvalue weighted by Gasteiger charge is -2.14. The van der Waals surface area contributed by atoms with Crippen LogP contribution in [0.2, 0.25) is 5.28 Å². The van der Waals surface area contributed by atoms with E-state index in [0.29, 0.717) is 30.8 Å². The molecular weight excluding hydrogens is 388 g/mol. The van der Waals surface area contributed by atoms with E-state index in [-0.39, 0.29) is 0 Å². The van der Waals surface area contributed by atoms with Crippen LogP contribution >= 0.6 is 11.6 Å². The summed E-state index contributed by atoms with van der Waals surface area (Å²) in [6.07, 6.45) is 3.01. The molecule has 0 fully saturated rings. The van der Waals surface area contributed by atoms with Gasteiger partial charge in [0.05, 0.1) is 24.2 Å². The summed E-state index contributed by atoms with van der Waals surface area (Å²) in [6, 6.07) is 9.84. The predicted molar refractivity (Wildman–Crippen MR) is 117 cm³/mol. The molecule has 1 N–H and O–H groups in total. The zero-order valence-corrected chi connectivity index (χ0v) is 18.1. The summed E-state index contributed by atoms with van der Waals surface area (Å²) >= 11 is 6.22. The van der Waals surface area contributed by atoms with Crippen molar-refractivity contribution in [3.63, 3.8) is 0 Å². The molecule has 1 heterocycles. The van der Waals surface area contributed by atoms with Crippen LogP contribution in [0.25, 0.3) is 11.0 Å². The Kier molecular flexibility index (Phi) is 7.40. The van der Waals surface area contributed by atoms with E-state index in [1.165, 1.54) is 0 Å². The first kappa shape index (κ1) is 21.5. The molecular formula is C23H29ClN2O3. The molecule has 156 valence electrons. The van der Waals surface area contributed by atoms with Crippen molar-refractivity contribution in [1.29, 1.82) is 0 Å². The van der Waals surface area contributed by atoms with Crippen LogP contribution in [0.4, 0.5) is 0 Å². The van der Waals surface area contributed by atoms with Crippen LogP contribution in [0.3, 0.4) is 0 Å². The summed E-state index contributed by atoms with van der Waals surface area (Å²) in [4.78, 5) is 4.35. The van der Waals surface area contributed by atoms with Gasteiger partial charge >= 0.3 is 0 Å². The summed E-state index contributed by atoms with van der Waals surface area (Å²) in [6.45, 7) is 8.49. The fourth-order valence-corrected chi connectivity index (χ4v) is 3.63. The molecule has 0 unspecified atom stereocenters. The molecule has 3 aromatic rings. The first-order valence-electron chi connectivity index (χ1n) is 10.1. The van der Waals surface area contributed by atoms with E-state index < -0.39 is 0 Å². The third-order valence-corrected chi connectivity index (χ3v) is 5.55. The minimum atomic E-state index is 0.358. The van der Waals surface area contributed by atoms with Gasteiger partial charge in [0.25, 0.3) is 0 Å². The Morgan fingerprint density at radius 1 is 1.00 bits per heavy atom. The molecule has 3 rings (SSSR count). The normalized spacial score (nSPS) is 11.3. The summed E-state index contributed by atoms with van der Waals surface area (Å²) in [5, 5.41) is 10.5. The summed E-state index contributed by atoms with van der Waals surface area (Å²) in [7, 11) is 0. The van der Waals surface area contributed by atoms with Gasteiger partial charge in [-0.25, -0.2) is 4.98 Å². The van der Waals surface area contributed by atoms with Crippen molar-refractivity contribution in [3.05, 3.63) is 52.3 Å². The molecule has 0 bridgehead atoms. The largest absolute Gasteiger partial charge is 0.507 e. The van der Waals surface area contributed by atoms with E-state index in [2.05, 4.69) is 4.98 Å². The smallest absolute Gasteiger partial charge is 0.203 e. The van der Waals surface area contributed by atoms with Gasteiger partial charge in [-0.1, -0.05) is 12.1 Å². The van der Waals surface area contributed by atoms with Crippen molar-refractivity contribution in [2.45, 2.75) is 46.6 Å². The second-order valence-electron chi connectivity index (χ2n) is 7.33. The average molecular weight is 417 g/mol. The maximum absolute atomic E-state index is 9.97. The lowest BCUT2D eigenvalue weighted by Crippen LogP contribution is -2.07. The van der Waals surface area contributed by atoms with Crippen LogP contribution in [-0.4, -0.2) is 34.5 Å². The number of aryl methyl sites for hydroxylation is 1. The molecule has 0 spiro atoms. The number of imidazole rings is 1. The number of aromatic hydroxyl groups is 1. The molecule has 6 heteroatoms. The molecule has 0 amide bonds. The Morgan fingerprint density at radius 2 is 1.76 bits per heavy atom. The fraction of sp³-hybridized carbons (Fsp3) is 0.435. The van der Waals surface area contributed by atoms with E-state index in [1.807, 2.05) is 55.7 Å². The van der Waals surface area contributed by atoms with Crippen LogP contribution in [0.15, 0.2) is 30.3 Å². The SMILES string of the molecule is Cc1cc(OCCCCCOCCn2c(Cl)nc3ccccc32)c(C)c(C)c1O. The minimum Gasteiger partial charge on any atom is -0.507 e. The summed E-state index contributed by atoms with van der Waals surface area (Å²) < 4.78 is 13.7. The Bertz CT molecular complexity index is 968. The van der Waals surface area contributed by atoms with Crippen molar-refractivity contribution in [2.24, 2.45) is 0 Å². The number of hydrogen-bond acceptors (Lipinski definition) is 4. The van der Waals surface area contributed by atoms with Gasteiger partial charge in [-0.2, -0.15) is 0 Å². The maximum Gasteiger partial charge on any atom is 0.203 e. The lowest BCUT2D eigenvalue weighted by molar-refractivity contribution is 0.122. The molecule has 0 saturated carbocycles. The second-order valence-corrected chi connectivity index (χ2v) is 7.67. The van der Waals surface area contributed by atoms with Crippen molar-refractivity contribution in [1.82, 2.24) is 9.55 Å². The monoisotopic (exact) mass is 416 g/mol. The molecule has 0 aliphatic carbocycles. The fourth-order valence-electron chi connectivity index (χ4n) is 3.36. The van der Waals surface area contributed by atoms with Gasteiger partial charge in [0.2, 0.25) is 5.28 Å². The van der Waals surface area contributed by atoms with Crippen LogP contribution in [-0.2, 0) is 11.3 Å². The molecule has 0 aliphatic rings. The molecule has 0 aliphatic heterocycles. The number of nitrogens with zero attached hydrogens (tertiary/aromatic N) is 2. The highest BCUT2D eigenvalue weighted by molar-refractivity contribution is 6.29. The van der Waals surface area contributed by atoms with Gasteiger partial charge < -0.3 is 19.1 Å². The maximum atomic E-state index is 9.97. The molecule has 29 heavy (non-hydrogen) atoms. The summed E-state index contributed by atoms with van der Waals surface area (Å²) in [5.41, 5.74) is 4.68. The Hall–Kier alpha value is -2.24. The number of aromatic nitrogens is 2. The predicted octanol–water partition coefficient (Wildman–Crippen LogP) is 5.59. The van der Waals surface area contributed by atoms with Crippen LogP contribution in [0, 0.1) is 20.8 Å². The van der Waals surface area contributed by atoms with Gasteiger partial charge in [0.15, 0.2) is 0 Å². The van der Waals surface area contributed by atoms with Gasteiger partial charge in [-0.05, 0) is 86.5 Å². The topological polar surface area (TPSA) is 56.5 Å². The van der Waals surface area contributed by atoms with Crippen LogP contribution in [0.1, 0.15) is 36.0 Å². The Labute approximate surface area is 177 Å². The van der Waals surface area contributed by atoms with E-state index in [1.54, 1.807) is 0 Å². The van der Waals surface area contributed by atoms with E-state index in [9.17, 15) is 5.11 Å². The standard InChI is InChI=1S/C23H29ClN2O3/c1-16-15-21(17(2)18(3)22(16)27)29-13-8-4-7-12-28-14-11-26-20-10-6-5-9-19(20)25-23(26)24/h5-6,9-10,15,27H,4,7-8,11-14H2,1-3H3. The van der Waals surface area contributed by atoms with Crippen LogP contribution in [0.5, 0.6) is 11.5 Å². The quantitative estimate of drug-likeness (QED) is 0.438. The average Bonchev–Trinajstić information content (AvgIpc) is 3.03. The molecule has 0 atom stereocenters. The number of phenols is 1. The molecule has 1 aromatic heterocycles. The van der Waals surface area contributed by atoms with Crippen molar-refractivity contribution in [2.75, 3.05) is 19.8 Å². The number of ether oxygens (including phenoxy) is 2. The summed E-state index contributed by atoms with van der Waals surface area (Å²) in [5.74, 6) is 1.22. The van der Waals surface area contributed by atoms with E-state index >= 15 is 0 Å². The molecule has 5 nitrogen and oxygen atoms in total. The number of fused-ring (bicyclic) bond motifs is 1. The number of halogens is 1. The third kappa shape index (κ3) is 5.22. The number of para-hydroxylation sites is 2. The van der Waals surface area contributed by atoms with Gasteiger partial charge in [-0.3, -0.25) is 0 Å².